The molecule has 0 saturated heterocycles. The third-order valence-corrected chi connectivity index (χ3v) is 3.28. The van der Waals surface area contributed by atoms with Crippen LogP contribution in [-0.2, 0) is 0 Å². The fourth-order valence-electron chi connectivity index (χ4n) is 1.80. The molecule has 0 unspecified atom stereocenters. The monoisotopic (exact) mass is 360 g/mol. The van der Waals surface area contributed by atoms with E-state index in [1.807, 2.05) is 18.2 Å². The maximum absolute atomic E-state index is 11.4. The van der Waals surface area contributed by atoms with Crippen molar-refractivity contribution >= 4 is 17.7 Å². The third kappa shape index (κ3) is 6.45. The molecule has 0 spiro atoms. The van der Waals surface area contributed by atoms with Crippen molar-refractivity contribution in [2.24, 2.45) is 0 Å². The second-order valence-corrected chi connectivity index (χ2v) is 6.57. The Balaban J connectivity index is 0.000000289. The Hall–Kier alpha value is -3.06. The van der Waals surface area contributed by atoms with Crippen molar-refractivity contribution < 1.29 is 24.5 Å². The number of quaternary nitrogens is 1. The number of hydrogen-bond acceptors (Lipinski definition) is 4. The second kappa shape index (κ2) is 8.87. The van der Waals surface area contributed by atoms with Crippen molar-refractivity contribution in [3.05, 3.63) is 54.1 Å². The van der Waals surface area contributed by atoms with Crippen molar-refractivity contribution in [2.75, 3.05) is 35.2 Å². The summed E-state index contributed by atoms with van der Waals surface area (Å²) in [5.74, 6) is -1.05. The Labute approximate surface area is 153 Å². The number of aromatic carboxylic acids is 1. The lowest BCUT2D eigenvalue weighted by molar-refractivity contribution is -0.268. The highest BCUT2D eigenvalue weighted by molar-refractivity contribution is 5.90. The fourth-order valence-corrected chi connectivity index (χ4v) is 1.80. The van der Waals surface area contributed by atoms with Gasteiger partial charge in [-0.2, -0.15) is 0 Å². The summed E-state index contributed by atoms with van der Waals surface area (Å²) in [5, 5.41) is 19.0. The summed E-state index contributed by atoms with van der Waals surface area (Å²) in [4.78, 5) is 23.0. The van der Waals surface area contributed by atoms with Gasteiger partial charge in [0.1, 0.15) is 11.4 Å². The largest absolute Gasteiger partial charge is 0.872 e. The van der Waals surface area contributed by atoms with Gasteiger partial charge in [0.25, 0.3) is 0 Å². The normalized spacial score (nSPS) is 10.3. The van der Waals surface area contributed by atoms with E-state index in [9.17, 15) is 14.7 Å². The van der Waals surface area contributed by atoms with E-state index in [2.05, 4.69) is 21.1 Å². The van der Waals surface area contributed by atoms with Crippen molar-refractivity contribution in [3.63, 3.8) is 0 Å². The minimum Gasteiger partial charge on any atom is -0.872 e. The van der Waals surface area contributed by atoms with Gasteiger partial charge in [-0.05, 0) is 18.2 Å². The number of carboxylic acids is 1. The molecule has 140 valence electrons. The molecule has 0 aliphatic rings. The molecule has 1 N–H and O–H groups in total. The van der Waals surface area contributed by atoms with E-state index in [1.54, 1.807) is 20.2 Å². The molecule has 0 bridgehead atoms. The van der Waals surface area contributed by atoms with Crippen LogP contribution in [0.1, 0.15) is 10.4 Å². The number of carbonyl (C=O) groups is 2. The quantitative estimate of drug-likeness (QED) is 0.849. The number of carbonyl (C=O) groups excluding carboxylic acids is 1. The van der Waals surface area contributed by atoms with Crippen LogP contribution in [0.3, 0.4) is 0 Å². The van der Waals surface area contributed by atoms with E-state index >= 15 is 0 Å². The molecule has 2 aromatic rings. The van der Waals surface area contributed by atoms with Gasteiger partial charge in [-0.3, -0.25) is 4.48 Å². The van der Waals surface area contributed by atoms with Crippen LogP contribution in [-0.4, -0.2) is 57.3 Å². The Bertz CT molecular complexity index is 767. The standard InChI is InChI=1S/C12H19N2O2.C7H6O3/c1-13(2)12(15)16-11-8-6-7-10(9-11)14(3,4)5;8-6-4-2-1-3-5(6)7(9)10/h6-9H,1-5H3;1-4,8H,(H,9,10)/q+1;/p-1. The number of benzene rings is 2. The Morgan fingerprint density at radius 3 is 2.12 bits per heavy atom. The first-order chi connectivity index (χ1) is 12.0. The minimum absolute atomic E-state index is 0.178. The number of ether oxygens (including phenoxy) is 1. The van der Waals surface area contributed by atoms with E-state index in [1.165, 1.54) is 29.2 Å². The summed E-state index contributed by atoms with van der Waals surface area (Å²) >= 11 is 0. The van der Waals surface area contributed by atoms with Gasteiger partial charge in [0, 0.05) is 20.2 Å². The van der Waals surface area contributed by atoms with Crippen molar-refractivity contribution in [2.45, 2.75) is 0 Å². The number of rotatable bonds is 3. The first-order valence-corrected chi connectivity index (χ1v) is 7.83. The van der Waals surface area contributed by atoms with Crippen LogP contribution in [0.15, 0.2) is 48.5 Å². The SMILES string of the molecule is CN(C)C(=O)Oc1cccc([N+](C)(C)C)c1.O=C(O)c1ccccc1[O-]. The molecule has 0 aromatic heterocycles. The van der Waals surface area contributed by atoms with E-state index in [4.69, 9.17) is 9.84 Å². The van der Waals surface area contributed by atoms with Crippen LogP contribution >= 0.6 is 0 Å². The highest BCUT2D eigenvalue weighted by Gasteiger charge is 2.14. The molecular weight excluding hydrogens is 336 g/mol. The molecule has 0 aliphatic carbocycles. The number of amides is 1. The van der Waals surface area contributed by atoms with E-state index in [0.717, 1.165) is 5.69 Å². The smallest absolute Gasteiger partial charge is 0.414 e. The summed E-state index contributed by atoms with van der Waals surface area (Å²) in [6.45, 7) is 0. The molecule has 0 saturated carbocycles. The molecule has 2 aromatic carbocycles. The zero-order valence-corrected chi connectivity index (χ0v) is 15.6. The van der Waals surface area contributed by atoms with Crippen LogP contribution in [0, 0.1) is 0 Å². The van der Waals surface area contributed by atoms with E-state index in [0.29, 0.717) is 10.2 Å². The molecule has 7 nitrogen and oxygen atoms in total. The van der Waals surface area contributed by atoms with Crippen LogP contribution in [0.4, 0.5) is 10.5 Å². The number of hydrogen-bond donors (Lipinski definition) is 1. The topological polar surface area (TPSA) is 89.9 Å². The molecule has 7 heteroatoms. The highest BCUT2D eigenvalue weighted by atomic mass is 16.6. The van der Waals surface area contributed by atoms with Crippen molar-refractivity contribution in [1.82, 2.24) is 9.38 Å². The summed E-state index contributed by atoms with van der Waals surface area (Å²) in [6.07, 6.45) is -0.362. The molecule has 0 atom stereocenters. The van der Waals surface area contributed by atoms with Gasteiger partial charge in [-0.15, -0.1) is 0 Å². The third-order valence-electron chi connectivity index (χ3n) is 3.28. The highest BCUT2D eigenvalue weighted by Crippen LogP contribution is 2.23. The van der Waals surface area contributed by atoms with Gasteiger partial charge in [0.2, 0.25) is 0 Å². The summed E-state index contributed by atoms with van der Waals surface area (Å²) < 4.78 is 5.88. The lowest BCUT2D eigenvalue weighted by atomic mass is 10.2. The van der Waals surface area contributed by atoms with E-state index in [-0.39, 0.29) is 11.7 Å². The second-order valence-electron chi connectivity index (χ2n) is 6.57. The maximum Gasteiger partial charge on any atom is 0.414 e. The summed E-state index contributed by atoms with van der Waals surface area (Å²) in [5.41, 5.74) is 0.909. The van der Waals surface area contributed by atoms with Crippen molar-refractivity contribution in [1.29, 1.82) is 0 Å². The molecule has 0 aliphatic heterocycles. The van der Waals surface area contributed by atoms with Crippen LogP contribution in [0.5, 0.6) is 11.5 Å². The lowest BCUT2D eigenvalue weighted by Crippen LogP contribution is -2.34. The van der Waals surface area contributed by atoms with Gasteiger partial charge < -0.3 is 19.8 Å². The van der Waals surface area contributed by atoms with Crippen LogP contribution < -0.4 is 14.3 Å². The van der Waals surface area contributed by atoms with Crippen molar-refractivity contribution in [3.8, 4) is 11.5 Å². The first-order valence-electron chi connectivity index (χ1n) is 7.83. The van der Waals surface area contributed by atoms with Gasteiger partial charge in [0.15, 0.2) is 0 Å². The number of nitrogens with zero attached hydrogens (tertiary/aromatic N) is 2. The molecule has 2 rings (SSSR count). The van der Waals surface area contributed by atoms with Gasteiger partial charge >= 0.3 is 12.1 Å². The average Bonchev–Trinajstić information content (AvgIpc) is 2.55. The number of para-hydroxylation sites is 1. The van der Waals surface area contributed by atoms with Crippen LogP contribution in [0.25, 0.3) is 0 Å². The minimum atomic E-state index is -1.18. The zero-order chi connectivity index (χ0) is 19.9. The Kier molecular flexibility index (Phi) is 7.16. The predicted molar refractivity (Wildman–Crippen MR) is 98.6 cm³/mol. The molecule has 0 heterocycles. The summed E-state index contributed by atoms with van der Waals surface area (Å²) in [7, 11) is 9.50. The molecule has 1 amide bonds. The Morgan fingerprint density at radius 2 is 1.65 bits per heavy atom. The lowest BCUT2D eigenvalue weighted by Gasteiger charge is -2.23. The van der Waals surface area contributed by atoms with Gasteiger partial charge in [0.05, 0.1) is 26.7 Å². The number of carboxylic acid groups (broad SMARTS) is 1. The first kappa shape index (κ1) is 21.0. The molecule has 0 fully saturated rings. The van der Waals surface area contributed by atoms with E-state index < -0.39 is 11.7 Å². The van der Waals surface area contributed by atoms with Gasteiger partial charge in [-0.1, -0.05) is 30.0 Å². The fraction of sp³-hybridized carbons (Fsp3) is 0.263. The maximum atomic E-state index is 11.4. The van der Waals surface area contributed by atoms with Gasteiger partial charge in [-0.25, -0.2) is 9.59 Å². The molecular formula is C19H24N2O5. The zero-order valence-electron chi connectivity index (χ0n) is 15.6. The molecule has 0 radical (unpaired) electrons. The molecule has 26 heavy (non-hydrogen) atoms. The Morgan fingerprint density at radius 1 is 1.04 bits per heavy atom. The average molecular weight is 360 g/mol. The van der Waals surface area contributed by atoms with Crippen LogP contribution in [0.2, 0.25) is 0 Å². The predicted octanol–water partition coefficient (Wildman–Crippen LogP) is 2.40. The summed E-state index contributed by atoms with van der Waals surface area (Å²) in [6, 6.07) is 13.1.